The van der Waals surface area contributed by atoms with Gasteiger partial charge in [0.05, 0.1) is 23.5 Å². The highest BCUT2D eigenvalue weighted by Crippen LogP contribution is 2.33. The quantitative estimate of drug-likeness (QED) is 0.783. The van der Waals surface area contributed by atoms with Crippen LogP contribution in [-0.4, -0.2) is 35.7 Å². The largest absolute Gasteiger partial charge is 0.481 e. The summed E-state index contributed by atoms with van der Waals surface area (Å²) in [6.45, 7) is 9.73. The number of ether oxygens (including phenoxy) is 1. The van der Waals surface area contributed by atoms with E-state index in [2.05, 4.69) is 5.32 Å². The van der Waals surface area contributed by atoms with E-state index < -0.39 is 11.4 Å². The number of carbonyl (C=O) groups excluding carboxylic acids is 1. The molecule has 1 aliphatic heterocycles. The number of carbonyl (C=O) groups is 2. The first-order valence-corrected chi connectivity index (χ1v) is 7.45. The summed E-state index contributed by atoms with van der Waals surface area (Å²) in [6, 6.07) is 0. The van der Waals surface area contributed by atoms with Gasteiger partial charge in [0, 0.05) is 6.54 Å². The molecular formula is C15H27NO4. The fourth-order valence-corrected chi connectivity index (χ4v) is 2.97. The molecule has 0 radical (unpaired) electrons. The normalized spacial score (nSPS) is 30.2. The molecule has 1 fully saturated rings. The third-order valence-electron chi connectivity index (χ3n) is 4.95. The molecule has 0 aromatic carbocycles. The Morgan fingerprint density at radius 2 is 1.70 bits per heavy atom. The van der Waals surface area contributed by atoms with E-state index >= 15 is 0 Å². The lowest BCUT2D eigenvalue weighted by molar-refractivity contribution is -0.149. The second-order valence-electron chi connectivity index (χ2n) is 5.94. The summed E-state index contributed by atoms with van der Waals surface area (Å²) in [5.74, 6) is -1.00. The summed E-state index contributed by atoms with van der Waals surface area (Å²) in [7, 11) is 0. The molecule has 4 unspecified atom stereocenters. The Morgan fingerprint density at radius 1 is 1.15 bits per heavy atom. The highest BCUT2D eigenvalue weighted by Gasteiger charge is 2.43. The molecule has 0 aliphatic carbocycles. The van der Waals surface area contributed by atoms with Crippen LogP contribution < -0.4 is 5.32 Å². The lowest BCUT2D eigenvalue weighted by Crippen LogP contribution is -2.46. The van der Waals surface area contributed by atoms with Gasteiger partial charge in [0.1, 0.15) is 0 Å². The molecule has 0 aromatic rings. The molecule has 0 saturated carbocycles. The first-order valence-electron chi connectivity index (χ1n) is 7.45. The molecule has 0 spiro atoms. The molecule has 1 heterocycles. The van der Waals surface area contributed by atoms with Crippen molar-refractivity contribution < 1.29 is 19.4 Å². The van der Waals surface area contributed by atoms with Crippen LogP contribution in [0.25, 0.3) is 0 Å². The number of hydrogen-bond acceptors (Lipinski definition) is 3. The predicted molar refractivity (Wildman–Crippen MR) is 76.3 cm³/mol. The Hall–Kier alpha value is -1.10. The first kappa shape index (κ1) is 17.0. The Labute approximate surface area is 121 Å². The van der Waals surface area contributed by atoms with Gasteiger partial charge >= 0.3 is 5.97 Å². The number of nitrogens with one attached hydrogen (secondary N) is 1. The maximum absolute atomic E-state index is 12.3. The van der Waals surface area contributed by atoms with E-state index in [1.165, 1.54) is 0 Å². The molecule has 5 nitrogen and oxygen atoms in total. The van der Waals surface area contributed by atoms with Crippen LogP contribution in [0.3, 0.4) is 0 Å². The molecule has 4 atom stereocenters. The Bertz CT molecular complexity index is 365. The molecule has 5 heteroatoms. The number of carboxylic acid groups (broad SMARTS) is 1. The van der Waals surface area contributed by atoms with Crippen molar-refractivity contribution in [2.24, 2.45) is 17.3 Å². The molecule has 1 saturated heterocycles. The first-order chi connectivity index (χ1) is 9.29. The van der Waals surface area contributed by atoms with E-state index in [4.69, 9.17) is 4.74 Å². The van der Waals surface area contributed by atoms with Crippen molar-refractivity contribution in [3.8, 4) is 0 Å². The second kappa shape index (κ2) is 6.57. The fourth-order valence-electron chi connectivity index (χ4n) is 2.97. The van der Waals surface area contributed by atoms with Crippen molar-refractivity contribution in [1.82, 2.24) is 5.32 Å². The summed E-state index contributed by atoms with van der Waals surface area (Å²) in [5.41, 5.74) is -0.868. The fraction of sp³-hybridized carbons (Fsp3) is 0.867. The summed E-state index contributed by atoms with van der Waals surface area (Å²) in [6.07, 6.45) is 0.939. The second-order valence-corrected chi connectivity index (χ2v) is 5.94. The summed E-state index contributed by atoms with van der Waals surface area (Å²) < 4.78 is 5.66. The number of hydrogen-bond donors (Lipinski definition) is 2. The molecule has 1 rings (SSSR count). The molecule has 2 N–H and O–H groups in total. The van der Waals surface area contributed by atoms with Crippen molar-refractivity contribution in [2.75, 3.05) is 6.54 Å². The van der Waals surface area contributed by atoms with Gasteiger partial charge in [-0.25, -0.2) is 0 Å². The Kier molecular flexibility index (Phi) is 5.57. The Balaban J connectivity index is 2.69. The molecule has 0 aromatic heterocycles. The third-order valence-corrected chi connectivity index (χ3v) is 4.95. The van der Waals surface area contributed by atoms with Gasteiger partial charge in [0.2, 0.25) is 5.91 Å². The predicted octanol–water partition coefficient (Wildman–Crippen LogP) is 2.05. The van der Waals surface area contributed by atoms with E-state index in [-0.39, 0.29) is 36.5 Å². The van der Waals surface area contributed by atoms with E-state index in [0.717, 1.165) is 0 Å². The Morgan fingerprint density at radius 3 is 2.05 bits per heavy atom. The average molecular weight is 285 g/mol. The number of rotatable bonds is 6. The number of amides is 1. The monoisotopic (exact) mass is 285 g/mol. The van der Waals surface area contributed by atoms with Gasteiger partial charge in [-0.2, -0.15) is 0 Å². The van der Waals surface area contributed by atoms with Crippen LogP contribution in [0.2, 0.25) is 0 Å². The number of aliphatic carboxylic acids is 1. The summed E-state index contributed by atoms with van der Waals surface area (Å²) >= 11 is 0. The molecule has 1 amide bonds. The number of carboxylic acids is 1. The molecule has 116 valence electrons. The smallest absolute Gasteiger partial charge is 0.311 e. The van der Waals surface area contributed by atoms with E-state index in [1.54, 1.807) is 0 Å². The van der Waals surface area contributed by atoms with Crippen molar-refractivity contribution in [3.05, 3.63) is 0 Å². The van der Waals surface area contributed by atoms with Gasteiger partial charge in [-0.05, 0) is 32.6 Å². The van der Waals surface area contributed by atoms with Crippen molar-refractivity contribution >= 4 is 11.9 Å². The van der Waals surface area contributed by atoms with Gasteiger partial charge < -0.3 is 15.2 Å². The van der Waals surface area contributed by atoms with Gasteiger partial charge in [-0.3, -0.25) is 9.59 Å². The third kappa shape index (κ3) is 3.14. The SMILES string of the molecule is CCC(CC)(CNC(=O)C1C(C)OC(C)C1C)C(=O)O. The average Bonchev–Trinajstić information content (AvgIpc) is 2.64. The van der Waals surface area contributed by atoms with Crippen LogP contribution in [0, 0.1) is 17.3 Å². The van der Waals surface area contributed by atoms with E-state index in [1.807, 2.05) is 34.6 Å². The minimum absolute atomic E-state index is 0.0577. The van der Waals surface area contributed by atoms with Gasteiger partial charge in [-0.1, -0.05) is 20.8 Å². The molecule has 20 heavy (non-hydrogen) atoms. The minimum Gasteiger partial charge on any atom is -0.481 e. The molecule has 0 bridgehead atoms. The van der Waals surface area contributed by atoms with Gasteiger partial charge in [0.25, 0.3) is 0 Å². The zero-order valence-electron chi connectivity index (χ0n) is 13.1. The van der Waals surface area contributed by atoms with E-state index in [9.17, 15) is 14.7 Å². The van der Waals surface area contributed by atoms with Crippen LogP contribution in [0.1, 0.15) is 47.5 Å². The highest BCUT2D eigenvalue weighted by atomic mass is 16.5. The standard InChI is InChI=1S/C15H27NO4/c1-6-15(7-2,14(18)19)8-16-13(17)12-9(3)10(4)20-11(12)5/h9-12H,6-8H2,1-5H3,(H,16,17)(H,18,19). The maximum Gasteiger partial charge on any atom is 0.311 e. The van der Waals surface area contributed by atoms with Crippen LogP contribution in [0.15, 0.2) is 0 Å². The maximum atomic E-state index is 12.3. The summed E-state index contributed by atoms with van der Waals surface area (Å²) in [5, 5.41) is 12.2. The topological polar surface area (TPSA) is 75.6 Å². The van der Waals surface area contributed by atoms with Crippen LogP contribution in [0.5, 0.6) is 0 Å². The van der Waals surface area contributed by atoms with Crippen molar-refractivity contribution in [3.63, 3.8) is 0 Å². The van der Waals surface area contributed by atoms with Crippen molar-refractivity contribution in [2.45, 2.75) is 59.7 Å². The zero-order valence-corrected chi connectivity index (χ0v) is 13.1. The molecular weight excluding hydrogens is 258 g/mol. The van der Waals surface area contributed by atoms with Crippen LogP contribution >= 0.6 is 0 Å². The van der Waals surface area contributed by atoms with Crippen LogP contribution in [-0.2, 0) is 14.3 Å². The lowest BCUT2D eigenvalue weighted by atomic mass is 9.81. The molecule has 1 aliphatic rings. The highest BCUT2D eigenvalue weighted by molar-refractivity contribution is 5.81. The van der Waals surface area contributed by atoms with E-state index in [0.29, 0.717) is 12.8 Å². The summed E-state index contributed by atoms with van der Waals surface area (Å²) in [4.78, 5) is 23.8. The van der Waals surface area contributed by atoms with Gasteiger partial charge in [-0.15, -0.1) is 0 Å². The van der Waals surface area contributed by atoms with Gasteiger partial charge in [0.15, 0.2) is 0 Å². The minimum atomic E-state index is -0.868. The zero-order chi connectivity index (χ0) is 15.5. The van der Waals surface area contributed by atoms with Crippen LogP contribution in [0.4, 0.5) is 0 Å². The van der Waals surface area contributed by atoms with Crippen molar-refractivity contribution in [1.29, 1.82) is 0 Å². The lowest BCUT2D eigenvalue weighted by Gasteiger charge is -2.28.